The Bertz CT molecular complexity index is 536. The monoisotopic (exact) mass is 254 g/mol. The van der Waals surface area contributed by atoms with Crippen molar-refractivity contribution in [3.8, 4) is 5.75 Å². The van der Waals surface area contributed by atoms with Crippen LogP contribution in [0.5, 0.6) is 5.75 Å². The van der Waals surface area contributed by atoms with Gasteiger partial charge in [-0.3, -0.25) is 0 Å². The minimum Gasteiger partial charge on any atom is -0.493 e. The van der Waals surface area contributed by atoms with Crippen molar-refractivity contribution in [2.24, 2.45) is 5.92 Å². The summed E-state index contributed by atoms with van der Waals surface area (Å²) in [5, 5.41) is 10.4. The van der Waals surface area contributed by atoms with Gasteiger partial charge in [-0.2, -0.15) is 0 Å². The first-order valence-corrected chi connectivity index (χ1v) is 6.75. The lowest BCUT2D eigenvalue weighted by molar-refractivity contribution is 0.0652. The lowest BCUT2D eigenvalue weighted by atomic mass is 9.89. The van der Waals surface area contributed by atoms with Crippen LogP contribution >= 0.6 is 0 Å². The molecule has 1 heterocycles. The smallest absolute Gasteiger partial charge is 0.122 e. The maximum absolute atomic E-state index is 10.4. The standard InChI is InChI=1S/C17H18O2/c18-16(10-13-6-2-1-3-7-13)15-11-14-8-4-5-9-17(14)19-12-15/h1-9,15-16,18H,10-12H2. The van der Waals surface area contributed by atoms with E-state index in [-0.39, 0.29) is 12.0 Å². The van der Waals surface area contributed by atoms with Crippen LogP contribution in [0.15, 0.2) is 54.6 Å². The van der Waals surface area contributed by atoms with Gasteiger partial charge in [-0.25, -0.2) is 0 Å². The molecule has 2 nitrogen and oxygen atoms in total. The molecule has 0 aromatic heterocycles. The third-order valence-electron chi connectivity index (χ3n) is 3.74. The number of aliphatic hydroxyl groups excluding tert-OH is 1. The Kier molecular flexibility index (Phi) is 3.51. The SMILES string of the molecule is OC(Cc1ccccc1)C1COc2ccccc2C1. The van der Waals surface area contributed by atoms with E-state index in [4.69, 9.17) is 4.74 Å². The van der Waals surface area contributed by atoms with E-state index >= 15 is 0 Å². The van der Waals surface area contributed by atoms with E-state index in [0.717, 1.165) is 12.2 Å². The minimum absolute atomic E-state index is 0.176. The van der Waals surface area contributed by atoms with Crippen LogP contribution in [0.1, 0.15) is 11.1 Å². The Balaban J connectivity index is 1.68. The van der Waals surface area contributed by atoms with Crippen LogP contribution in [0.2, 0.25) is 0 Å². The number of rotatable bonds is 3. The molecule has 0 radical (unpaired) electrons. The molecule has 2 aromatic rings. The molecule has 0 amide bonds. The molecule has 2 aromatic carbocycles. The summed E-state index contributed by atoms with van der Waals surface area (Å²) in [6, 6.07) is 18.2. The van der Waals surface area contributed by atoms with E-state index in [1.54, 1.807) is 0 Å². The maximum Gasteiger partial charge on any atom is 0.122 e. The summed E-state index contributed by atoms with van der Waals surface area (Å²) < 4.78 is 5.73. The zero-order valence-electron chi connectivity index (χ0n) is 10.8. The van der Waals surface area contributed by atoms with E-state index in [1.807, 2.05) is 36.4 Å². The first-order chi connectivity index (χ1) is 9.33. The van der Waals surface area contributed by atoms with Crippen LogP contribution in [-0.4, -0.2) is 17.8 Å². The number of hydrogen-bond acceptors (Lipinski definition) is 2. The summed E-state index contributed by atoms with van der Waals surface area (Å²) in [5.74, 6) is 1.14. The van der Waals surface area contributed by atoms with E-state index in [1.165, 1.54) is 11.1 Å². The lowest BCUT2D eigenvalue weighted by Gasteiger charge is -2.28. The molecule has 2 atom stereocenters. The third-order valence-corrected chi connectivity index (χ3v) is 3.74. The quantitative estimate of drug-likeness (QED) is 0.912. The molecule has 0 saturated carbocycles. The highest BCUT2D eigenvalue weighted by Crippen LogP contribution is 2.29. The number of fused-ring (bicyclic) bond motifs is 1. The maximum atomic E-state index is 10.4. The van der Waals surface area contributed by atoms with Crippen LogP contribution in [-0.2, 0) is 12.8 Å². The summed E-state index contributed by atoms with van der Waals surface area (Å²) >= 11 is 0. The molecule has 1 N–H and O–H groups in total. The van der Waals surface area contributed by atoms with Gasteiger partial charge in [0.2, 0.25) is 0 Å². The van der Waals surface area contributed by atoms with Crippen molar-refractivity contribution in [3.63, 3.8) is 0 Å². The van der Waals surface area contributed by atoms with Gasteiger partial charge in [0, 0.05) is 5.92 Å². The van der Waals surface area contributed by atoms with E-state index in [9.17, 15) is 5.11 Å². The van der Waals surface area contributed by atoms with Gasteiger partial charge in [-0.1, -0.05) is 48.5 Å². The summed E-state index contributed by atoms with van der Waals surface area (Å²) in [6.45, 7) is 0.602. The highest BCUT2D eigenvalue weighted by molar-refractivity contribution is 5.35. The van der Waals surface area contributed by atoms with Crippen molar-refractivity contribution < 1.29 is 9.84 Å². The van der Waals surface area contributed by atoms with Gasteiger partial charge in [-0.15, -0.1) is 0 Å². The normalized spacial score (nSPS) is 19.3. The Hall–Kier alpha value is -1.80. The van der Waals surface area contributed by atoms with Crippen LogP contribution in [0.4, 0.5) is 0 Å². The summed E-state index contributed by atoms with van der Waals surface area (Å²) in [6.07, 6.45) is 1.23. The average Bonchev–Trinajstić information content (AvgIpc) is 2.48. The van der Waals surface area contributed by atoms with Gasteiger partial charge in [0.05, 0.1) is 12.7 Å². The number of aliphatic hydroxyl groups is 1. The molecule has 2 unspecified atom stereocenters. The van der Waals surface area contributed by atoms with Crippen molar-refractivity contribution in [2.45, 2.75) is 18.9 Å². The molecule has 2 heteroatoms. The summed E-state index contributed by atoms with van der Waals surface area (Å²) in [4.78, 5) is 0. The van der Waals surface area contributed by atoms with Crippen molar-refractivity contribution in [3.05, 3.63) is 65.7 Å². The van der Waals surface area contributed by atoms with Crippen molar-refractivity contribution in [2.75, 3.05) is 6.61 Å². The molecular formula is C17H18O2. The van der Waals surface area contributed by atoms with E-state index < -0.39 is 0 Å². The fraction of sp³-hybridized carbons (Fsp3) is 0.294. The summed E-state index contributed by atoms with van der Waals surface area (Å²) in [5.41, 5.74) is 2.37. The van der Waals surface area contributed by atoms with Gasteiger partial charge in [0.1, 0.15) is 5.75 Å². The largest absolute Gasteiger partial charge is 0.493 e. The fourth-order valence-corrected chi connectivity index (χ4v) is 2.62. The topological polar surface area (TPSA) is 29.5 Å². The molecular weight excluding hydrogens is 236 g/mol. The molecule has 0 spiro atoms. The van der Waals surface area contributed by atoms with Crippen LogP contribution in [0, 0.1) is 5.92 Å². The van der Waals surface area contributed by atoms with E-state index in [2.05, 4.69) is 18.2 Å². The zero-order chi connectivity index (χ0) is 13.1. The second-order valence-corrected chi connectivity index (χ2v) is 5.14. The summed E-state index contributed by atoms with van der Waals surface area (Å²) in [7, 11) is 0. The Labute approximate surface area is 113 Å². The van der Waals surface area contributed by atoms with Gasteiger partial charge >= 0.3 is 0 Å². The number of para-hydroxylation sites is 1. The molecule has 0 saturated heterocycles. The number of benzene rings is 2. The Morgan fingerprint density at radius 2 is 1.79 bits per heavy atom. The van der Waals surface area contributed by atoms with Gasteiger partial charge < -0.3 is 9.84 Å². The predicted molar refractivity (Wildman–Crippen MR) is 75.3 cm³/mol. The highest BCUT2D eigenvalue weighted by Gasteiger charge is 2.25. The minimum atomic E-state index is -0.351. The fourth-order valence-electron chi connectivity index (χ4n) is 2.62. The second kappa shape index (κ2) is 5.45. The predicted octanol–water partition coefficient (Wildman–Crippen LogP) is 2.84. The van der Waals surface area contributed by atoms with Gasteiger partial charge in [-0.05, 0) is 30.0 Å². The molecule has 98 valence electrons. The first-order valence-electron chi connectivity index (χ1n) is 6.75. The second-order valence-electron chi connectivity index (χ2n) is 5.14. The third kappa shape index (κ3) is 2.79. The average molecular weight is 254 g/mol. The lowest BCUT2D eigenvalue weighted by Crippen LogP contribution is -2.33. The molecule has 0 bridgehead atoms. The first kappa shape index (κ1) is 12.2. The molecule has 1 aliphatic heterocycles. The van der Waals surface area contributed by atoms with Crippen molar-refractivity contribution >= 4 is 0 Å². The van der Waals surface area contributed by atoms with Crippen molar-refractivity contribution in [1.29, 1.82) is 0 Å². The van der Waals surface area contributed by atoms with Crippen LogP contribution < -0.4 is 4.74 Å². The molecule has 0 aliphatic carbocycles. The molecule has 0 fully saturated rings. The highest BCUT2D eigenvalue weighted by atomic mass is 16.5. The number of hydrogen-bond donors (Lipinski definition) is 1. The van der Waals surface area contributed by atoms with Crippen LogP contribution in [0.3, 0.4) is 0 Å². The molecule has 1 aliphatic rings. The zero-order valence-corrected chi connectivity index (χ0v) is 10.8. The Morgan fingerprint density at radius 3 is 2.63 bits per heavy atom. The molecule has 3 rings (SSSR count). The molecule has 19 heavy (non-hydrogen) atoms. The van der Waals surface area contributed by atoms with E-state index in [0.29, 0.717) is 13.0 Å². The Morgan fingerprint density at radius 1 is 1.05 bits per heavy atom. The van der Waals surface area contributed by atoms with Crippen LogP contribution in [0.25, 0.3) is 0 Å². The van der Waals surface area contributed by atoms with Gasteiger partial charge in [0.15, 0.2) is 0 Å². The number of ether oxygens (including phenoxy) is 1. The van der Waals surface area contributed by atoms with Gasteiger partial charge in [0.25, 0.3) is 0 Å². The van der Waals surface area contributed by atoms with Crippen molar-refractivity contribution in [1.82, 2.24) is 0 Å².